The molecule has 1 aliphatic carbocycles. The number of amides is 2. The van der Waals surface area contributed by atoms with E-state index in [0.717, 1.165) is 29.7 Å². The third-order valence-corrected chi connectivity index (χ3v) is 7.06. The molecule has 2 saturated heterocycles. The molecule has 3 aliphatic rings. The van der Waals surface area contributed by atoms with E-state index < -0.39 is 5.60 Å². The number of thiazole rings is 1. The average molecular weight is 417 g/mol. The molecule has 29 heavy (non-hydrogen) atoms. The lowest BCUT2D eigenvalue weighted by Crippen LogP contribution is -2.52. The minimum atomic E-state index is -0.457. The van der Waals surface area contributed by atoms with E-state index in [9.17, 15) is 9.59 Å². The van der Waals surface area contributed by atoms with Crippen LogP contribution in [0.5, 0.6) is 0 Å². The summed E-state index contributed by atoms with van der Waals surface area (Å²) in [5.74, 6) is 1.56. The number of fused-ring (bicyclic) bond motifs is 2. The first-order valence-electron chi connectivity index (χ1n) is 9.92. The topological polar surface area (TPSA) is 107 Å². The van der Waals surface area contributed by atoms with Crippen LogP contribution in [0.2, 0.25) is 0 Å². The van der Waals surface area contributed by atoms with Crippen LogP contribution in [0.15, 0.2) is 18.2 Å². The second-order valence-electron chi connectivity index (χ2n) is 8.49. The first kappa shape index (κ1) is 18.6. The van der Waals surface area contributed by atoms with Crippen molar-refractivity contribution in [3.05, 3.63) is 23.8 Å². The van der Waals surface area contributed by atoms with Gasteiger partial charge in [-0.25, -0.2) is 9.78 Å². The number of rotatable bonds is 5. The Labute approximate surface area is 172 Å². The summed E-state index contributed by atoms with van der Waals surface area (Å²) in [5, 5.41) is 3.51. The highest BCUT2D eigenvalue weighted by Crippen LogP contribution is 2.53. The van der Waals surface area contributed by atoms with Crippen molar-refractivity contribution in [2.75, 3.05) is 38.6 Å². The molecule has 0 bridgehead atoms. The molecular weight excluding hydrogens is 392 g/mol. The van der Waals surface area contributed by atoms with Gasteiger partial charge in [-0.15, -0.1) is 0 Å². The Morgan fingerprint density at radius 2 is 2.14 bits per heavy atom. The number of hydrogen-bond donors (Lipinski definition) is 2. The lowest BCUT2D eigenvalue weighted by atomic mass is 10.1. The van der Waals surface area contributed by atoms with Crippen LogP contribution in [-0.2, 0) is 9.47 Å². The highest BCUT2D eigenvalue weighted by Gasteiger charge is 2.56. The number of likely N-dealkylation sites (tertiary alicyclic amines) is 1. The van der Waals surface area contributed by atoms with Crippen LogP contribution >= 0.6 is 11.3 Å². The van der Waals surface area contributed by atoms with Gasteiger partial charge in [0.25, 0.3) is 5.91 Å². The molecule has 3 N–H and O–H groups in total. The number of piperidine rings is 1. The molecule has 3 atom stereocenters. The van der Waals surface area contributed by atoms with Crippen LogP contribution in [0, 0.1) is 17.8 Å². The molecule has 154 valence electrons. The molecule has 9 heteroatoms. The van der Waals surface area contributed by atoms with E-state index in [1.165, 1.54) is 11.3 Å². The normalized spacial score (nSPS) is 26.7. The van der Waals surface area contributed by atoms with Crippen LogP contribution < -0.4 is 11.1 Å². The number of nitrogen functional groups attached to an aromatic ring is 1. The Morgan fingerprint density at radius 3 is 2.83 bits per heavy atom. The van der Waals surface area contributed by atoms with Crippen LogP contribution in [0.4, 0.5) is 9.93 Å². The maximum atomic E-state index is 12.4. The summed E-state index contributed by atoms with van der Waals surface area (Å²) in [6, 6.07) is 5.44. The van der Waals surface area contributed by atoms with Gasteiger partial charge >= 0.3 is 6.09 Å². The van der Waals surface area contributed by atoms with Crippen molar-refractivity contribution in [2.24, 2.45) is 17.8 Å². The number of ether oxygens (including phenoxy) is 2. The summed E-state index contributed by atoms with van der Waals surface area (Å²) in [7, 11) is 0. The van der Waals surface area contributed by atoms with Crippen molar-refractivity contribution >= 4 is 38.7 Å². The van der Waals surface area contributed by atoms with Gasteiger partial charge < -0.3 is 25.4 Å². The van der Waals surface area contributed by atoms with Crippen molar-refractivity contribution < 1.29 is 19.1 Å². The van der Waals surface area contributed by atoms with E-state index in [4.69, 9.17) is 15.2 Å². The summed E-state index contributed by atoms with van der Waals surface area (Å²) in [6.45, 7) is 5.00. The predicted octanol–water partition coefficient (Wildman–Crippen LogP) is 2.10. The van der Waals surface area contributed by atoms with E-state index in [0.29, 0.717) is 48.2 Å². The van der Waals surface area contributed by atoms with E-state index in [1.54, 1.807) is 6.07 Å². The summed E-state index contributed by atoms with van der Waals surface area (Å²) < 4.78 is 11.6. The number of nitrogens with two attached hydrogens (primary N) is 1. The molecule has 2 aliphatic heterocycles. The second kappa shape index (κ2) is 6.84. The van der Waals surface area contributed by atoms with Gasteiger partial charge in [0.2, 0.25) is 0 Å². The average Bonchev–Trinajstić information content (AvgIpc) is 3.00. The Hall–Kier alpha value is -2.39. The minimum absolute atomic E-state index is 0.0779. The molecule has 1 saturated carbocycles. The van der Waals surface area contributed by atoms with Gasteiger partial charge in [0, 0.05) is 25.2 Å². The SMILES string of the molecule is CC1(OC(=O)N2C[C@@H]3C(CCNC(=O)c4ccc5nc(N)sc5c4)[C@@H]3C2)COC1. The standard InChI is InChI=1S/C20H24N4O4S/c1-20(9-27-10-20)28-19(26)24-7-13-12(14(13)8-24)4-5-22-17(25)11-2-3-15-16(6-11)29-18(21)23-15/h2-3,6,12-14H,4-5,7-10H2,1H3,(H2,21,23)(H,22,25)/t12?,13-,14+. The molecule has 8 nitrogen and oxygen atoms in total. The molecule has 5 rings (SSSR count). The van der Waals surface area contributed by atoms with Crippen molar-refractivity contribution in [3.8, 4) is 0 Å². The zero-order valence-corrected chi connectivity index (χ0v) is 17.0. The first-order valence-corrected chi connectivity index (χ1v) is 10.7. The van der Waals surface area contributed by atoms with Crippen molar-refractivity contribution in [1.29, 1.82) is 0 Å². The number of benzene rings is 1. The first-order chi connectivity index (χ1) is 13.9. The maximum Gasteiger partial charge on any atom is 0.410 e. The van der Waals surface area contributed by atoms with Crippen LogP contribution in [0.25, 0.3) is 10.2 Å². The summed E-state index contributed by atoms with van der Waals surface area (Å²) in [5.41, 5.74) is 6.70. The third-order valence-electron chi connectivity index (χ3n) is 6.21. The fraction of sp³-hybridized carbons (Fsp3) is 0.550. The number of nitrogens with one attached hydrogen (secondary N) is 1. The monoisotopic (exact) mass is 416 g/mol. The van der Waals surface area contributed by atoms with Gasteiger partial charge in [-0.1, -0.05) is 11.3 Å². The summed E-state index contributed by atoms with van der Waals surface area (Å²) >= 11 is 1.38. The predicted molar refractivity (Wildman–Crippen MR) is 109 cm³/mol. The smallest absolute Gasteiger partial charge is 0.410 e. The van der Waals surface area contributed by atoms with Gasteiger partial charge in [0.1, 0.15) is 0 Å². The Balaban J connectivity index is 1.06. The molecular formula is C20H24N4O4S. The van der Waals surface area contributed by atoms with Gasteiger partial charge in [0.15, 0.2) is 10.7 Å². The number of carbonyl (C=O) groups excluding carboxylic acids is 2. The molecule has 2 amide bonds. The Morgan fingerprint density at radius 1 is 1.38 bits per heavy atom. The lowest BCUT2D eigenvalue weighted by molar-refractivity contribution is -0.171. The number of aromatic nitrogens is 1. The molecule has 3 heterocycles. The molecule has 1 aromatic heterocycles. The highest BCUT2D eigenvalue weighted by atomic mass is 32.1. The molecule has 0 spiro atoms. The lowest BCUT2D eigenvalue weighted by Gasteiger charge is -2.38. The van der Waals surface area contributed by atoms with Crippen molar-refractivity contribution in [3.63, 3.8) is 0 Å². The van der Waals surface area contributed by atoms with E-state index in [1.807, 2.05) is 24.0 Å². The second-order valence-corrected chi connectivity index (χ2v) is 9.55. The Bertz CT molecular complexity index is 961. The highest BCUT2D eigenvalue weighted by molar-refractivity contribution is 7.22. The largest absolute Gasteiger partial charge is 0.438 e. The quantitative estimate of drug-likeness (QED) is 0.773. The van der Waals surface area contributed by atoms with Crippen LogP contribution in [0.3, 0.4) is 0 Å². The summed E-state index contributed by atoms with van der Waals surface area (Å²) in [6.07, 6.45) is 0.708. The molecule has 1 aromatic carbocycles. The molecule has 1 unspecified atom stereocenters. The summed E-state index contributed by atoms with van der Waals surface area (Å²) in [4.78, 5) is 30.7. The maximum absolute atomic E-state index is 12.4. The molecule has 3 fully saturated rings. The van der Waals surface area contributed by atoms with Crippen molar-refractivity contribution in [2.45, 2.75) is 18.9 Å². The van der Waals surface area contributed by atoms with Gasteiger partial charge in [-0.2, -0.15) is 0 Å². The number of anilines is 1. The molecule has 2 aromatic rings. The molecule has 0 radical (unpaired) electrons. The van der Waals surface area contributed by atoms with Gasteiger partial charge in [0.05, 0.1) is 23.4 Å². The Kier molecular flexibility index (Phi) is 4.40. The van der Waals surface area contributed by atoms with E-state index >= 15 is 0 Å². The number of carbonyl (C=O) groups is 2. The number of nitrogens with zero attached hydrogens (tertiary/aromatic N) is 2. The third kappa shape index (κ3) is 3.53. The van der Waals surface area contributed by atoms with Crippen LogP contribution in [0.1, 0.15) is 23.7 Å². The fourth-order valence-corrected chi connectivity index (χ4v) is 5.26. The van der Waals surface area contributed by atoms with E-state index in [2.05, 4.69) is 10.3 Å². The van der Waals surface area contributed by atoms with Gasteiger partial charge in [-0.3, -0.25) is 4.79 Å². The van der Waals surface area contributed by atoms with E-state index in [-0.39, 0.29) is 12.0 Å². The fourth-order valence-electron chi connectivity index (χ4n) is 4.49. The van der Waals surface area contributed by atoms with Gasteiger partial charge in [-0.05, 0) is 49.3 Å². The van der Waals surface area contributed by atoms with Crippen molar-refractivity contribution in [1.82, 2.24) is 15.2 Å². The zero-order valence-electron chi connectivity index (χ0n) is 16.2. The van der Waals surface area contributed by atoms with Crippen LogP contribution in [-0.4, -0.2) is 60.3 Å². The minimum Gasteiger partial charge on any atom is -0.438 e. The number of hydrogen-bond acceptors (Lipinski definition) is 7. The zero-order chi connectivity index (χ0) is 20.2.